The average molecular weight is 521 g/mol. The molecular formula is C29H44O8. The van der Waals surface area contributed by atoms with Crippen LogP contribution in [0.1, 0.15) is 67.2 Å². The molecule has 1 spiro atoms. The molecular weight excluding hydrogens is 476 g/mol. The van der Waals surface area contributed by atoms with Gasteiger partial charge in [0, 0.05) is 19.8 Å². The number of aliphatic hydroxyl groups excluding tert-OH is 2. The predicted octanol–water partition coefficient (Wildman–Crippen LogP) is 3.45. The van der Waals surface area contributed by atoms with Gasteiger partial charge in [-0.3, -0.25) is 9.59 Å². The molecule has 37 heavy (non-hydrogen) atoms. The lowest BCUT2D eigenvalue weighted by atomic mass is 9.81. The van der Waals surface area contributed by atoms with Gasteiger partial charge in [0.1, 0.15) is 23.9 Å². The maximum atomic E-state index is 12.4. The highest BCUT2D eigenvalue weighted by Gasteiger charge is 2.61. The zero-order valence-electron chi connectivity index (χ0n) is 23.0. The van der Waals surface area contributed by atoms with Gasteiger partial charge in [0.25, 0.3) is 0 Å². The minimum Gasteiger partial charge on any atom is -0.459 e. The number of epoxide rings is 1. The van der Waals surface area contributed by atoms with Gasteiger partial charge in [-0.25, -0.2) is 0 Å². The summed E-state index contributed by atoms with van der Waals surface area (Å²) in [7, 11) is 0. The highest BCUT2D eigenvalue weighted by atomic mass is 16.6. The number of ether oxygens (including phenoxy) is 4. The highest BCUT2D eigenvalue weighted by Crippen LogP contribution is 2.46. The van der Waals surface area contributed by atoms with Crippen molar-refractivity contribution in [2.45, 2.75) is 109 Å². The Morgan fingerprint density at radius 2 is 1.92 bits per heavy atom. The Hall–Kier alpha value is -1.84. The van der Waals surface area contributed by atoms with E-state index in [0.717, 1.165) is 18.4 Å². The van der Waals surface area contributed by atoms with Crippen molar-refractivity contribution >= 4 is 11.8 Å². The standard InChI is InChI=1S/C29H44O8/c1-18(8-12-26-27(33)29(17-34-29)15-28(6,16-30)37-26)7-11-25-19(2)13-23(21(4)36-25)14-24(32)10-9-20(3)35-22(5)31/h7-10,12,19-21,23,25-27,30,33H,11,13-17H2,1-6H3/b10-9-,12-8+,18-7+/t19-,20-,21+,23-,25-,26?,27+,28-,29+/m0/s1. The lowest BCUT2D eigenvalue weighted by Crippen LogP contribution is -2.56. The second kappa shape index (κ2) is 12.3. The molecule has 3 rings (SSSR count). The van der Waals surface area contributed by atoms with Gasteiger partial charge >= 0.3 is 5.97 Å². The number of carbonyl (C=O) groups is 2. The summed E-state index contributed by atoms with van der Waals surface area (Å²) in [5.74, 6) is 0.0740. The minimum absolute atomic E-state index is 0.00812. The molecule has 1 unspecified atom stereocenters. The van der Waals surface area contributed by atoms with Gasteiger partial charge in [-0.05, 0) is 64.5 Å². The van der Waals surface area contributed by atoms with Crippen LogP contribution in [0.2, 0.25) is 0 Å². The van der Waals surface area contributed by atoms with Gasteiger partial charge in [-0.15, -0.1) is 0 Å². The number of esters is 1. The summed E-state index contributed by atoms with van der Waals surface area (Å²) in [4.78, 5) is 23.4. The Bertz CT molecular complexity index is 904. The number of hydrogen-bond donors (Lipinski definition) is 2. The fraction of sp³-hybridized carbons (Fsp3) is 0.724. The maximum absolute atomic E-state index is 12.4. The topological polar surface area (TPSA) is 115 Å². The van der Waals surface area contributed by atoms with E-state index in [-0.39, 0.29) is 36.5 Å². The molecule has 2 N–H and O–H groups in total. The van der Waals surface area contributed by atoms with Gasteiger partial charge < -0.3 is 29.2 Å². The third kappa shape index (κ3) is 8.07. The van der Waals surface area contributed by atoms with E-state index in [1.54, 1.807) is 13.0 Å². The third-order valence-corrected chi connectivity index (χ3v) is 7.75. The Kier molecular flexibility index (Phi) is 9.91. The van der Waals surface area contributed by atoms with Crippen molar-refractivity contribution in [3.63, 3.8) is 0 Å². The summed E-state index contributed by atoms with van der Waals surface area (Å²) in [5, 5.41) is 20.5. The smallest absolute Gasteiger partial charge is 0.303 e. The van der Waals surface area contributed by atoms with E-state index < -0.39 is 29.5 Å². The van der Waals surface area contributed by atoms with Gasteiger partial charge in [0.15, 0.2) is 5.78 Å². The molecule has 0 aromatic heterocycles. The highest BCUT2D eigenvalue weighted by molar-refractivity contribution is 5.89. The van der Waals surface area contributed by atoms with Crippen LogP contribution >= 0.6 is 0 Å². The van der Waals surface area contributed by atoms with Crippen molar-refractivity contribution < 1.29 is 38.7 Å². The fourth-order valence-electron chi connectivity index (χ4n) is 5.44. The molecule has 0 amide bonds. The van der Waals surface area contributed by atoms with Gasteiger partial charge in [-0.2, -0.15) is 0 Å². The Morgan fingerprint density at radius 1 is 1.22 bits per heavy atom. The number of hydrogen-bond acceptors (Lipinski definition) is 8. The van der Waals surface area contributed by atoms with E-state index in [1.807, 2.05) is 32.9 Å². The molecule has 8 heteroatoms. The lowest BCUT2D eigenvalue weighted by molar-refractivity contribution is -0.192. The largest absolute Gasteiger partial charge is 0.459 e. The minimum atomic E-state index is -0.766. The van der Waals surface area contributed by atoms with Crippen molar-refractivity contribution in [1.82, 2.24) is 0 Å². The van der Waals surface area contributed by atoms with E-state index in [9.17, 15) is 19.8 Å². The first-order valence-corrected chi connectivity index (χ1v) is 13.4. The number of allylic oxidation sites excluding steroid dienone is 3. The summed E-state index contributed by atoms with van der Waals surface area (Å²) < 4.78 is 22.9. The average Bonchev–Trinajstić information content (AvgIpc) is 3.59. The molecule has 3 aliphatic rings. The fourth-order valence-corrected chi connectivity index (χ4v) is 5.44. The van der Waals surface area contributed by atoms with Crippen LogP contribution in [-0.4, -0.2) is 76.9 Å². The molecule has 208 valence electrons. The van der Waals surface area contributed by atoms with Gasteiger partial charge in [-0.1, -0.05) is 30.7 Å². The van der Waals surface area contributed by atoms with Crippen LogP contribution in [0.5, 0.6) is 0 Å². The molecule has 0 saturated carbocycles. The van der Waals surface area contributed by atoms with Crippen LogP contribution in [0.25, 0.3) is 0 Å². The third-order valence-electron chi connectivity index (χ3n) is 7.75. The summed E-state index contributed by atoms with van der Waals surface area (Å²) in [6, 6.07) is 0. The molecule has 0 radical (unpaired) electrons. The summed E-state index contributed by atoms with van der Waals surface area (Å²) >= 11 is 0. The molecule has 3 saturated heterocycles. The summed E-state index contributed by atoms with van der Waals surface area (Å²) in [5.41, 5.74) is -0.318. The maximum Gasteiger partial charge on any atom is 0.303 e. The SMILES string of the molecule is CC(=O)O[C@@H](C)/C=C\C(=O)C[C@@H]1C[C@H](C)[C@H](C/C=C(C)/C=C/C2O[C@](C)(CO)C[C@@]3(CO3)[C@@H]2O)O[C@@H]1C. The Labute approximate surface area is 220 Å². The van der Waals surface area contributed by atoms with Gasteiger partial charge in [0.05, 0.1) is 31.0 Å². The first kappa shape index (κ1) is 29.7. The zero-order valence-corrected chi connectivity index (χ0v) is 23.0. The zero-order chi connectivity index (χ0) is 27.4. The number of rotatable bonds is 10. The van der Waals surface area contributed by atoms with E-state index >= 15 is 0 Å². The van der Waals surface area contributed by atoms with Crippen LogP contribution in [0.4, 0.5) is 0 Å². The van der Waals surface area contributed by atoms with Crippen LogP contribution in [-0.2, 0) is 28.5 Å². The van der Waals surface area contributed by atoms with E-state index in [4.69, 9.17) is 18.9 Å². The number of carbonyl (C=O) groups excluding carboxylic acids is 2. The van der Waals surface area contributed by atoms with Crippen molar-refractivity contribution in [3.05, 3.63) is 36.0 Å². The van der Waals surface area contributed by atoms with E-state index in [0.29, 0.717) is 25.4 Å². The lowest BCUT2D eigenvalue weighted by Gasteiger charge is -2.42. The number of aliphatic hydroxyl groups is 2. The quantitative estimate of drug-likeness (QED) is 0.195. The van der Waals surface area contributed by atoms with Crippen molar-refractivity contribution in [2.24, 2.45) is 11.8 Å². The summed E-state index contributed by atoms with van der Waals surface area (Å²) in [6.07, 6.45) is 9.83. The molecule has 9 atom stereocenters. The molecule has 0 aliphatic carbocycles. The number of ketones is 1. The predicted molar refractivity (Wildman–Crippen MR) is 139 cm³/mol. The molecule has 0 aromatic carbocycles. The van der Waals surface area contributed by atoms with Gasteiger partial charge in [0.2, 0.25) is 0 Å². The monoisotopic (exact) mass is 520 g/mol. The van der Waals surface area contributed by atoms with Crippen molar-refractivity contribution in [3.8, 4) is 0 Å². The second-order valence-electron chi connectivity index (χ2n) is 11.4. The van der Waals surface area contributed by atoms with Crippen LogP contribution < -0.4 is 0 Å². The van der Waals surface area contributed by atoms with Crippen LogP contribution in [0.3, 0.4) is 0 Å². The first-order valence-electron chi connectivity index (χ1n) is 13.4. The Balaban J connectivity index is 1.50. The van der Waals surface area contributed by atoms with Crippen LogP contribution in [0, 0.1) is 11.8 Å². The Morgan fingerprint density at radius 3 is 2.54 bits per heavy atom. The van der Waals surface area contributed by atoms with Crippen molar-refractivity contribution in [1.29, 1.82) is 0 Å². The second-order valence-corrected chi connectivity index (χ2v) is 11.4. The molecule has 0 aromatic rings. The normalized spacial score (nSPS) is 39.3. The molecule has 3 aliphatic heterocycles. The molecule has 0 bridgehead atoms. The first-order chi connectivity index (χ1) is 17.4. The van der Waals surface area contributed by atoms with Crippen molar-refractivity contribution in [2.75, 3.05) is 13.2 Å². The van der Waals surface area contributed by atoms with E-state index in [2.05, 4.69) is 13.0 Å². The summed E-state index contributed by atoms with van der Waals surface area (Å²) in [6.45, 7) is 11.4. The van der Waals surface area contributed by atoms with E-state index in [1.165, 1.54) is 13.0 Å². The molecule has 8 nitrogen and oxygen atoms in total. The molecule has 3 heterocycles. The van der Waals surface area contributed by atoms with Crippen LogP contribution in [0.15, 0.2) is 36.0 Å². The molecule has 3 fully saturated rings.